The first-order chi connectivity index (χ1) is 14.4. The van der Waals surface area contributed by atoms with Crippen LogP contribution < -0.4 is 5.63 Å². The molecule has 2 aliphatic rings. The van der Waals surface area contributed by atoms with E-state index < -0.39 is 11.6 Å². The predicted molar refractivity (Wildman–Crippen MR) is 109 cm³/mol. The lowest BCUT2D eigenvalue weighted by molar-refractivity contribution is -0.146. The number of hydrogen-bond donors (Lipinski definition) is 0. The van der Waals surface area contributed by atoms with Crippen LogP contribution in [-0.2, 0) is 25.7 Å². The fourth-order valence-electron chi connectivity index (χ4n) is 4.53. The van der Waals surface area contributed by atoms with E-state index in [9.17, 15) is 19.2 Å². The van der Waals surface area contributed by atoms with Gasteiger partial charge in [0.25, 0.3) is 0 Å². The zero-order chi connectivity index (χ0) is 21.4. The maximum Gasteiger partial charge on any atom is 0.336 e. The molecule has 1 aromatic heterocycles. The van der Waals surface area contributed by atoms with E-state index in [0.29, 0.717) is 11.1 Å². The van der Waals surface area contributed by atoms with Gasteiger partial charge in [0.1, 0.15) is 12.2 Å². The average Bonchev–Trinajstić information content (AvgIpc) is 2.98. The Balaban J connectivity index is 1.40. The summed E-state index contributed by atoms with van der Waals surface area (Å²) >= 11 is 0. The number of aryl methyl sites for hydroxylation is 2. The highest BCUT2D eigenvalue weighted by molar-refractivity contribution is 6.05. The van der Waals surface area contributed by atoms with Crippen molar-refractivity contribution >= 4 is 28.8 Å². The van der Waals surface area contributed by atoms with Crippen molar-refractivity contribution in [2.24, 2.45) is 11.8 Å². The van der Waals surface area contributed by atoms with Gasteiger partial charge in [0.2, 0.25) is 11.8 Å². The Kier molecular flexibility index (Phi) is 5.45. The molecule has 158 valence electrons. The molecule has 2 fully saturated rings. The number of esters is 1. The number of imide groups is 1. The van der Waals surface area contributed by atoms with Crippen LogP contribution in [0.25, 0.3) is 11.0 Å². The first kappa shape index (κ1) is 20.3. The Morgan fingerprint density at radius 1 is 1.10 bits per heavy atom. The summed E-state index contributed by atoms with van der Waals surface area (Å²) in [7, 11) is 0. The molecule has 2 aromatic rings. The Bertz CT molecular complexity index is 1060. The van der Waals surface area contributed by atoms with Crippen LogP contribution >= 0.6 is 0 Å². The van der Waals surface area contributed by atoms with Gasteiger partial charge >= 0.3 is 11.6 Å². The zero-order valence-corrected chi connectivity index (χ0v) is 17.2. The second kappa shape index (κ2) is 8.05. The summed E-state index contributed by atoms with van der Waals surface area (Å²) < 4.78 is 10.7. The van der Waals surface area contributed by atoms with Crippen LogP contribution in [0.5, 0.6) is 0 Å². The van der Waals surface area contributed by atoms with Crippen LogP contribution in [0.1, 0.15) is 48.8 Å². The van der Waals surface area contributed by atoms with Crippen molar-refractivity contribution in [3.05, 3.63) is 45.3 Å². The van der Waals surface area contributed by atoms with Gasteiger partial charge < -0.3 is 9.15 Å². The number of hydrogen-bond acceptors (Lipinski definition) is 6. The first-order valence-electron chi connectivity index (χ1n) is 10.4. The molecule has 30 heavy (non-hydrogen) atoms. The molecule has 7 nitrogen and oxygen atoms in total. The third-order valence-electron chi connectivity index (χ3n) is 6.38. The second-order valence-electron chi connectivity index (χ2n) is 8.21. The maximum atomic E-state index is 12.5. The van der Waals surface area contributed by atoms with E-state index >= 15 is 0 Å². The lowest BCUT2D eigenvalue weighted by atomic mass is 9.81. The van der Waals surface area contributed by atoms with Crippen molar-refractivity contribution in [2.75, 3.05) is 6.54 Å². The molecule has 1 aromatic carbocycles. The number of carbonyl (C=O) groups excluding carboxylic acids is 3. The number of rotatable bonds is 5. The number of fused-ring (bicyclic) bond motifs is 2. The standard InChI is InChI=1S/C23H25NO6/c1-13-7-8-16-15(11-20(26)30-21(16)14(13)2)12-29-19(25)9-10-24-22(27)17-5-3-4-6-18(17)23(24)28/h7-8,11,17-18H,3-6,9-10,12H2,1-2H3/t17-,18-/m0/s1. The Morgan fingerprint density at radius 3 is 2.43 bits per heavy atom. The van der Waals surface area contributed by atoms with Gasteiger partial charge in [0.15, 0.2) is 0 Å². The smallest absolute Gasteiger partial charge is 0.336 e. The molecule has 1 aliphatic heterocycles. The first-order valence-corrected chi connectivity index (χ1v) is 10.4. The lowest BCUT2D eigenvalue weighted by Crippen LogP contribution is -2.33. The van der Waals surface area contributed by atoms with Crippen molar-refractivity contribution < 1.29 is 23.5 Å². The zero-order valence-electron chi connectivity index (χ0n) is 17.2. The fraction of sp³-hybridized carbons (Fsp3) is 0.478. The second-order valence-corrected chi connectivity index (χ2v) is 8.21. The van der Waals surface area contributed by atoms with Crippen molar-refractivity contribution in [1.82, 2.24) is 4.90 Å². The van der Waals surface area contributed by atoms with Crippen LogP contribution in [0.3, 0.4) is 0 Å². The van der Waals surface area contributed by atoms with Gasteiger partial charge in [-0.15, -0.1) is 0 Å². The molecule has 0 radical (unpaired) electrons. The summed E-state index contributed by atoms with van der Waals surface area (Å²) in [6, 6.07) is 5.09. The monoisotopic (exact) mass is 411 g/mol. The molecule has 0 spiro atoms. The van der Waals surface area contributed by atoms with Gasteiger partial charge in [0.05, 0.1) is 18.3 Å². The predicted octanol–water partition coefficient (Wildman–Crippen LogP) is 3.02. The van der Waals surface area contributed by atoms with E-state index in [1.54, 1.807) is 0 Å². The molecule has 2 amide bonds. The third-order valence-corrected chi connectivity index (χ3v) is 6.38. The molecule has 1 aliphatic carbocycles. The summed E-state index contributed by atoms with van der Waals surface area (Å²) in [5.41, 5.74) is 2.42. The van der Waals surface area contributed by atoms with Crippen molar-refractivity contribution in [1.29, 1.82) is 0 Å². The Hall–Kier alpha value is -2.96. The highest BCUT2D eigenvalue weighted by Gasteiger charge is 2.47. The molecule has 0 unspecified atom stereocenters. The van der Waals surface area contributed by atoms with Crippen LogP contribution in [0.15, 0.2) is 27.4 Å². The molecular weight excluding hydrogens is 386 g/mol. The number of amides is 2. The van der Waals surface area contributed by atoms with E-state index in [4.69, 9.17) is 9.15 Å². The van der Waals surface area contributed by atoms with Gasteiger partial charge in [-0.25, -0.2) is 4.79 Å². The molecule has 4 rings (SSSR count). The summed E-state index contributed by atoms with van der Waals surface area (Å²) in [6.45, 7) is 3.77. The SMILES string of the molecule is Cc1ccc2c(COC(=O)CCN3C(=O)[C@H]4CCCC[C@@H]4C3=O)cc(=O)oc2c1C. The summed E-state index contributed by atoms with van der Waals surface area (Å²) in [5.74, 6) is -1.27. The molecule has 2 atom stereocenters. The van der Waals surface area contributed by atoms with E-state index in [-0.39, 0.29) is 43.2 Å². The highest BCUT2D eigenvalue weighted by atomic mass is 16.5. The van der Waals surface area contributed by atoms with Gasteiger partial charge in [-0.3, -0.25) is 19.3 Å². The molecule has 0 bridgehead atoms. The number of carbonyl (C=O) groups is 3. The van der Waals surface area contributed by atoms with E-state index in [2.05, 4.69) is 0 Å². The van der Waals surface area contributed by atoms with Crippen molar-refractivity contribution in [3.8, 4) is 0 Å². The lowest BCUT2D eigenvalue weighted by Gasteiger charge is -2.19. The highest BCUT2D eigenvalue weighted by Crippen LogP contribution is 2.38. The van der Waals surface area contributed by atoms with Crippen LogP contribution in [0.2, 0.25) is 0 Å². The van der Waals surface area contributed by atoms with Gasteiger partial charge in [0, 0.05) is 23.6 Å². The van der Waals surface area contributed by atoms with Gasteiger partial charge in [-0.1, -0.05) is 25.0 Å². The van der Waals surface area contributed by atoms with E-state index in [1.807, 2.05) is 26.0 Å². The molecular formula is C23H25NO6. The minimum Gasteiger partial charge on any atom is -0.461 e. The molecule has 2 heterocycles. The maximum absolute atomic E-state index is 12.5. The minimum atomic E-state index is -0.518. The quantitative estimate of drug-likeness (QED) is 0.426. The van der Waals surface area contributed by atoms with Crippen molar-refractivity contribution in [3.63, 3.8) is 0 Å². The largest absolute Gasteiger partial charge is 0.461 e. The molecule has 7 heteroatoms. The Labute approximate surface area is 174 Å². The van der Waals surface area contributed by atoms with Gasteiger partial charge in [-0.2, -0.15) is 0 Å². The molecule has 1 saturated heterocycles. The van der Waals surface area contributed by atoms with E-state index in [0.717, 1.165) is 42.2 Å². The average molecular weight is 411 g/mol. The van der Waals surface area contributed by atoms with Crippen LogP contribution in [0.4, 0.5) is 0 Å². The number of likely N-dealkylation sites (tertiary alicyclic amines) is 1. The summed E-state index contributed by atoms with van der Waals surface area (Å²) in [4.78, 5) is 50.4. The number of ether oxygens (including phenoxy) is 1. The third kappa shape index (κ3) is 3.64. The molecule has 0 N–H and O–H groups in total. The normalized spacial score (nSPS) is 21.2. The summed E-state index contributed by atoms with van der Waals surface area (Å²) in [5, 5.41) is 0.722. The topological polar surface area (TPSA) is 93.9 Å². The summed E-state index contributed by atoms with van der Waals surface area (Å²) in [6.07, 6.45) is 3.37. The Morgan fingerprint density at radius 2 is 1.77 bits per heavy atom. The minimum absolute atomic E-state index is 0.0411. The number of benzene rings is 1. The van der Waals surface area contributed by atoms with Crippen LogP contribution in [-0.4, -0.2) is 29.2 Å². The van der Waals surface area contributed by atoms with Gasteiger partial charge in [-0.05, 0) is 37.8 Å². The van der Waals surface area contributed by atoms with E-state index in [1.165, 1.54) is 11.0 Å². The van der Waals surface area contributed by atoms with Crippen molar-refractivity contribution in [2.45, 2.75) is 52.6 Å². The molecule has 1 saturated carbocycles. The fourth-order valence-corrected chi connectivity index (χ4v) is 4.53. The number of nitrogens with zero attached hydrogens (tertiary/aromatic N) is 1. The van der Waals surface area contributed by atoms with Crippen LogP contribution in [0, 0.1) is 25.7 Å².